The summed E-state index contributed by atoms with van der Waals surface area (Å²) in [5.74, 6) is -1.80. The molecule has 0 aliphatic carbocycles. The Labute approximate surface area is 138 Å². The van der Waals surface area contributed by atoms with Gasteiger partial charge in [0, 0.05) is 19.2 Å². The van der Waals surface area contributed by atoms with Gasteiger partial charge in [-0.3, -0.25) is 14.4 Å². The van der Waals surface area contributed by atoms with Crippen molar-refractivity contribution in [3.8, 4) is 11.5 Å². The van der Waals surface area contributed by atoms with Crippen LogP contribution >= 0.6 is 0 Å². The number of hydrogen-bond donors (Lipinski definition) is 2. The van der Waals surface area contributed by atoms with E-state index in [4.69, 9.17) is 25.1 Å². The van der Waals surface area contributed by atoms with Gasteiger partial charge < -0.3 is 30.0 Å². The average Bonchev–Trinajstić information content (AvgIpc) is 2.55. The van der Waals surface area contributed by atoms with Crippen molar-refractivity contribution in [2.75, 3.05) is 40.5 Å². The van der Waals surface area contributed by atoms with Crippen molar-refractivity contribution in [1.29, 1.82) is 0 Å². The normalized spacial score (nSPS) is 10.1. The minimum atomic E-state index is -1.13. The Kier molecular flexibility index (Phi) is 7.50. The molecule has 0 aliphatic rings. The summed E-state index contributed by atoms with van der Waals surface area (Å²) < 4.78 is 15.2. The zero-order valence-electron chi connectivity index (χ0n) is 13.5. The van der Waals surface area contributed by atoms with Crippen LogP contribution in [0, 0.1) is 0 Å². The minimum Gasteiger partial charge on any atom is -0.493 e. The van der Waals surface area contributed by atoms with Gasteiger partial charge in [0.25, 0.3) is 11.8 Å². The molecule has 0 spiro atoms. The number of ether oxygens (including phenoxy) is 3. The van der Waals surface area contributed by atoms with E-state index in [0.717, 1.165) is 4.90 Å². The molecular formula is C15H20N2O7. The zero-order valence-corrected chi connectivity index (χ0v) is 13.5. The molecule has 0 saturated heterocycles. The summed E-state index contributed by atoms with van der Waals surface area (Å²) in [5.41, 5.74) is 5.23. The molecule has 0 saturated carbocycles. The standard InChI is InChI=1S/C15H20N2O7/c1-22-6-5-17(8-14(19)20)15(21)10-3-4-11(12(7-10)23-2)24-9-13(16)18/h3-4,7H,5-6,8-9H2,1-2H3,(H2,16,18)(H,19,20). The molecule has 0 unspecified atom stereocenters. The van der Waals surface area contributed by atoms with E-state index in [-0.39, 0.29) is 36.8 Å². The van der Waals surface area contributed by atoms with Gasteiger partial charge >= 0.3 is 5.97 Å². The second kappa shape index (κ2) is 9.36. The van der Waals surface area contributed by atoms with E-state index in [2.05, 4.69) is 0 Å². The van der Waals surface area contributed by atoms with Gasteiger partial charge in [-0.15, -0.1) is 0 Å². The third-order valence-corrected chi connectivity index (χ3v) is 2.96. The van der Waals surface area contributed by atoms with E-state index in [1.54, 1.807) is 0 Å². The van der Waals surface area contributed by atoms with E-state index < -0.39 is 24.3 Å². The number of benzene rings is 1. The third kappa shape index (κ3) is 5.76. The molecule has 1 rings (SSSR count). The van der Waals surface area contributed by atoms with Crippen molar-refractivity contribution in [3.63, 3.8) is 0 Å². The fourth-order valence-electron chi connectivity index (χ4n) is 1.87. The maximum atomic E-state index is 12.5. The van der Waals surface area contributed by atoms with E-state index in [1.807, 2.05) is 0 Å². The zero-order chi connectivity index (χ0) is 18.1. The van der Waals surface area contributed by atoms with Crippen LogP contribution in [0.5, 0.6) is 11.5 Å². The number of nitrogens with zero attached hydrogens (tertiary/aromatic N) is 1. The SMILES string of the molecule is COCCN(CC(=O)O)C(=O)c1ccc(OCC(N)=O)c(OC)c1. The molecule has 0 fully saturated rings. The number of primary amides is 1. The van der Waals surface area contributed by atoms with Gasteiger partial charge in [0.05, 0.1) is 13.7 Å². The predicted octanol–water partition coefficient (Wildman–Crippen LogP) is -0.267. The summed E-state index contributed by atoms with van der Waals surface area (Å²) in [4.78, 5) is 35.3. The van der Waals surface area contributed by atoms with Crippen LogP contribution in [0.25, 0.3) is 0 Å². The third-order valence-electron chi connectivity index (χ3n) is 2.96. The van der Waals surface area contributed by atoms with Gasteiger partial charge in [-0.05, 0) is 18.2 Å². The molecule has 0 radical (unpaired) electrons. The number of carboxylic acid groups (broad SMARTS) is 1. The van der Waals surface area contributed by atoms with Crippen LogP contribution in [0.1, 0.15) is 10.4 Å². The number of amides is 2. The van der Waals surface area contributed by atoms with Gasteiger partial charge in [-0.1, -0.05) is 0 Å². The summed E-state index contributed by atoms with van der Waals surface area (Å²) in [6.45, 7) is -0.451. The molecule has 0 atom stereocenters. The largest absolute Gasteiger partial charge is 0.493 e. The second-order valence-electron chi connectivity index (χ2n) is 4.73. The van der Waals surface area contributed by atoms with Gasteiger partial charge in [-0.25, -0.2) is 0 Å². The number of carbonyl (C=O) groups excluding carboxylic acids is 2. The lowest BCUT2D eigenvalue weighted by molar-refractivity contribution is -0.137. The molecule has 0 heterocycles. The number of rotatable bonds is 10. The van der Waals surface area contributed by atoms with E-state index in [0.29, 0.717) is 0 Å². The lowest BCUT2D eigenvalue weighted by atomic mass is 10.1. The highest BCUT2D eigenvalue weighted by Crippen LogP contribution is 2.28. The lowest BCUT2D eigenvalue weighted by Crippen LogP contribution is -2.38. The van der Waals surface area contributed by atoms with Crippen molar-refractivity contribution in [1.82, 2.24) is 4.90 Å². The molecule has 9 nitrogen and oxygen atoms in total. The molecule has 132 valence electrons. The summed E-state index contributed by atoms with van der Waals surface area (Å²) in [6, 6.07) is 4.30. The van der Waals surface area contributed by atoms with Crippen LogP contribution in [-0.4, -0.2) is 68.3 Å². The first-order valence-corrected chi connectivity index (χ1v) is 6.98. The maximum Gasteiger partial charge on any atom is 0.323 e. The van der Waals surface area contributed by atoms with Crippen molar-refractivity contribution in [3.05, 3.63) is 23.8 Å². The highest BCUT2D eigenvalue weighted by molar-refractivity contribution is 5.96. The molecule has 1 aromatic rings. The van der Waals surface area contributed by atoms with E-state index >= 15 is 0 Å². The molecule has 9 heteroatoms. The monoisotopic (exact) mass is 340 g/mol. The summed E-state index contributed by atoms with van der Waals surface area (Å²) in [7, 11) is 2.83. The van der Waals surface area contributed by atoms with Gasteiger partial charge in [-0.2, -0.15) is 0 Å². The predicted molar refractivity (Wildman–Crippen MR) is 83.1 cm³/mol. The molecule has 3 N–H and O–H groups in total. The second-order valence-corrected chi connectivity index (χ2v) is 4.73. The lowest BCUT2D eigenvalue weighted by Gasteiger charge is -2.21. The van der Waals surface area contributed by atoms with Gasteiger partial charge in [0.1, 0.15) is 6.54 Å². The Morgan fingerprint density at radius 2 is 1.92 bits per heavy atom. The van der Waals surface area contributed by atoms with Crippen molar-refractivity contribution in [2.45, 2.75) is 0 Å². The quantitative estimate of drug-likeness (QED) is 0.600. The molecule has 0 aromatic heterocycles. The van der Waals surface area contributed by atoms with Crippen LogP contribution in [0.15, 0.2) is 18.2 Å². The van der Waals surface area contributed by atoms with Crippen LogP contribution in [0.3, 0.4) is 0 Å². The molecule has 0 aliphatic heterocycles. The number of carbonyl (C=O) groups is 3. The topological polar surface area (TPSA) is 128 Å². The van der Waals surface area contributed by atoms with E-state index in [1.165, 1.54) is 32.4 Å². The number of hydrogen-bond acceptors (Lipinski definition) is 6. The Morgan fingerprint density at radius 1 is 1.21 bits per heavy atom. The summed E-state index contributed by atoms with van der Waals surface area (Å²) in [5, 5.41) is 8.92. The van der Waals surface area contributed by atoms with Crippen molar-refractivity contribution in [2.24, 2.45) is 5.73 Å². The van der Waals surface area contributed by atoms with Crippen LogP contribution in [-0.2, 0) is 14.3 Å². The first kappa shape index (κ1) is 19.2. The maximum absolute atomic E-state index is 12.5. The van der Waals surface area contributed by atoms with Gasteiger partial charge in [0.15, 0.2) is 18.1 Å². The fraction of sp³-hybridized carbons (Fsp3) is 0.400. The molecule has 2 amide bonds. The summed E-state index contributed by atoms with van der Waals surface area (Å²) >= 11 is 0. The number of aliphatic carboxylic acids is 1. The average molecular weight is 340 g/mol. The summed E-state index contributed by atoms with van der Waals surface area (Å²) in [6.07, 6.45) is 0. The van der Waals surface area contributed by atoms with Crippen LogP contribution in [0.4, 0.5) is 0 Å². The smallest absolute Gasteiger partial charge is 0.323 e. The van der Waals surface area contributed by atoms with Crippen LogP contribution < -0.4 is 15.2 Å². The van der Waals surface area contributed by atoms with Crippen molar-refractivity contribution >= 4 is 17.8 Å². The number of carboxylic acids is 1. The Balaban J connectivity index is 2.98. The molecular weight excluding hydrogens is 320 g/mol. The van der Waals surface area contributed by atoms with Crippen molar-refractivity contribution < 1.29 is 33.7 Å². The first-order chi connectivity index (χ1) is 11.4. The Hall–Kier alpha value is -2.81. The Bertz CT molecular complexity index is 603. The number of nitrogens with two attached hydrogens (primary N) is 1. The van der Waals surface area contributed by atoms with E-state index in [9.17, 15) is 14.4 Å². The fourth-order valence-corrected chi connectivity index (χ4v) is 1.87. The first-order valence-electron chi connectivity index (χ1n) is 6.98. The van der Waals surface area contributed by atoms with Gasteiger partial charge in [0.2, 0.25) is 0 Å². The highest BCUT2D eigenvalue weighted by Gasteiger charge is 2.20. The molecule has 1 aromatic carbocycles. The molecule has 0 bridgehead atoms. The Morgan fingerprint density at radius 3 is 2.46 bits per heavy atom. The minimum absolute atomic E-state index is 0.129. The highest BCUT2D eigenvalue weighted by atomic mass is 16.5. The van der Waals surface area contributed by atoms with Crippen LogP contribution in [0.2, 0.25) is 0 Å². The number of methoxy groups -OCH3 is 2. The molecule has 24 heavy (non-hydrogen) atoms.